The molecule has 0 unspecified atom stereocenters. The van der Waals surface area contributed by atoms with E-state index in [1.807, 2.05) is 62.0 Å². The summed E-state index contributed by atoms with van der Waals surface area (Å²) in [7, 11) is 5.10. The zero-order valence-electron chi connectivity index (χ0n) is 20.8. The van der Waals surface area contributed by atoms with Crippen LogP contribution in [0.2, 0.25) is 13.1 Å². The molecule has 36 heavy (non-hydrogen) atoms. The number of carbonyl (C=O) groups is 1. The van der Waals surface area contributed by atoms with Gasteiger partial charge in [-0.05, 0) is 45.3 Å². The van der Waals surface area contributed by atoms with Crippen molar-refractivity contribution in [3.05, 3.63) is 86.9 Å². The number of nitrogens with zero attached hydrogens (tertiary/aromatic N) is 3. The third kappa shape index (κ3) is 3.60. The number of rotatable bonds is 3. The summed E-state index contributed by atoms with van der Waals surface area (Å²) in [6, 6.07) is 6.92. The van der Waals surface area contributed by atoms with Crippen LogP contribution in [-0.2, 0) is 0 Å². The molecule has 0 saturated carbocycles. The maximum atomic E-state index is 15.8. The predicted molar refractivity (Wildman–Crippen MR) is 136 cm³/mol. The maximum absolute atomic E-state index is 15.8. The van der Waals surface area contributed by atoms with Crippen LogP contribution in [0.4, 0.5) is 18.9 Å². The fourth-order valence-electron chi connectivity index (χ4n) is 4.84. The molecule has 4 rings (SSSR count). The smallest absolute Gasteiger partial charge is 0.339 e. The Balaban J connectivity index is 2.26. The maximum Gasteiger partial charge on any atom is 0.339 e. The summed E-state index contributed by atoms with van der Waals surface area (Å²) in [5, 5.41) is 21.0. The first-order valence-electron chi connectivity index (χ1n) is 11.2. The third-order valence-electron chi connectivity index (χ3n) is 6.82. The minimum absolute atomic E-state index is 0.132. The molecule has 1 heterocycles. The number of anilines is 1. The summed E-state index contributed by atoms with van der Waals surface area (Å²) < 4.78 is 47.3. The van der Waals surface area contributed by atoms with Crippen molar-refractivity contribution in [3.63, 3.8) is 0 Å². The average Bonchev–Trinajstić information content (AvgIpc) is 2.82. The molecule has 0 atom stereocenters. The summed E-state index contributed by atoms with van der Waals surface area (Å²) in [5.74, 6) is -6.79. The highest BCUT2D eigenvalue weighted by molar-refractivity contribution is 6.98. The molecular formula is C27H25F3N3O2Si+. The van der Waals surface area contributed by atoms with Crippen molar-refractivity contribution in [2.45, 2.75) is 13.1 Å². The molecule has 0 bridgehead atoms. The minimum atomic E-state index is -2.45. The Morgan fingerprint density at radius 3 is 2.31 bits per heavy atom. The summed E-state index contributed by atoms with van der Waals surface area (Å²) in [4.78, 5) is 14.1. The predicted octanol–water partition coefficient (Wildman–Crippen LogP) is 4.22. The molecule has 0 fully saturated rings. The van der Waals surface area contributed by atoms with E-state index in [1.165, 1.54) is 6.07 Å². The van der Waals surface area contributed by atoms with Crippen molar-refractivity contribution >= 4 is 36.2 Å². The molecule has 2 aliphatic rings. The summed E-state index contributed by atoms with van der Waals surface area (Å²) in [6.45, 7) is 4.28. The Morgan fingerprint density at radius 1 is 1.08 bits per heavy atom. The van der Waals surface area contributed by atoms with Gasteiger partial charge in [-0.25, -0.2) is 22.5 Å². The van der Waals surface area contributed by atoms with Crippen LogP contribution in [0.25, 0.3) is 5.57 Å². The normalized spacial score (nSPS) is 15.7. The molecule has 1 aliphatic carbocycles. The van der Waals surface area contributed by atoms with Crippen LogP contribution >= 0.6 is 0 Å². The molecule has 5 nitrogen and oxygen atoms in total. The van der Waals surface area contributed by atoms with E-state index in [0.717, 1.165) is 21.8 Å². The van der Waals surface area contributed by atoms with Crippen LogP contribution in [0, 0.1) is 28.8 Å². The van der Waals surface area contributed by atoms with E-state index in [4.69, 9.17) is 0 Å². The second kappa shape index (κ2) is 8.64. The van der Waals surface area contributed by atoms with Crippen molar-refractivity contribution < 1.29 is 27.6 Å². The van der Waals surface area contributed by atoms with Crippen molar-refractivity contribution in [2.24, 2.45) is 0 Å². The highest BCUT2D eigenvalue weighted by atomic mass is 28.3. The van der Waals surface area contributed by atoms with Crippen LogP contribution in [0.1, 0.15) is 27.0 Å². The number of carboxylic acids is 1. The zero-order valence-corrected chi connectivity index (χ0v) is 21.8. The van der Waals surface area contributed by atoms with E-state index >= 15 is 8.78 Å². The topological polar surface area (TPSA) is 67.3 Å². The second-order valence-corrected chi connectivity index (χ2v) is 14.1. The standard InChI is InChI=1S/C27H24F3N3O2Si/c1-32(2)14-7-9-16-19(11-14)36(5,6)20-12-15(33(3)4)8-10-17(20)21(16)22-23(27(34)35)26(30)25(29)18(13-31)24(22)28/h7-12H,1-6H3/p+1. The van der Waals surface area contributed by atoms with E-state index < -0.39 is 48.2 Å². The number of halogens is 3. The van der Waals surface area contributed by atoms with Gasteiger partial charge in [-0.15, -0.1) is 0 Å². The Labute approximate surface area is 208 Å². The van der Waals surface area contributed by atoms with Crippen LogP contribution in [0.15, 0.2) is 47.2 Å². The lowest BCUT2D eigenvalue weighted by atomic mass is 9.85. The first-order chi connectivity index (χ1) is 16.8. The van der Waals surface area contributed by atoms with E-state index in [2.05, 4.69) is 13.1 Å². The summed E-state index contributed by atoms with van der Waals surface area (Å²) >= 11 is 0. The second-order valence-electron chi connectivity index (χ2n) is 9.73. The molecule has 184 valence electrons. The Morgan fingerprint density at radius 2 is 1.75 bits per heavy atom. The van der Waals surface area contributed by atoms with E-state index in [0.29, 0.717) is 11.1 Å². The molecule has 2 aromatic carbocycles. The molecule has 0 aromatic heterocycles. The molecule has 0 spiro atoms. The van der Waals surface area contributed by atoms with Crippen LogP contribution in [0.5, 0.6) is 0 Å². The molecule has 0 saturated heterocycles. The largest absolute Gasteiger partial charge is 0.478 e. The molecule has 0 radical (unpaired) electrons. The first-order valence-corrected chi connectivity index (χ1v) is 14.2. The van der Waals surface area contributed by atoms with Crippen LogP contribution in [0.3, 0.4) is 0 Å². The SMILES string of the molecule is CN(C)c1ccc2c(c1)[Si](C)(C)C1=CC(=[N+](C)C)C=CC1=C2c1c(F)c(C#N)c(F)c(F)c1C(=O)O. The Kier molecular flexibility index (Phi) is 6.05. The van der Waals surface area contributed by atoms with Gasteiger partial charge in [0.1, 0.15) is 39.4 Å². The van der Waals surface area contributed by atoms with Gasteiger partial charge in [0.15, 0.2) is 23.2 Å². The number of fused-ring (bicyclic) bond motifs is 2. The van der Waals surface area contributed by atoms with Gasteiger partial charge >= 0.3 is 5.97 Å². The summed E-state index contributed by atoms with van der Waals surface area (Å²) in [5.41, 5.74) is 0.0847. The fraction of sp³-hybridized carbons (Fsp3) is 0.222. The molecular weight excluding hydrogens is 483 g/mol. The molecule has 1 N–H and O–H groups in total. The van der Waals surface area contributed by atoms with Crippen molar-refractivity contribution in [1.29, 1.82) is 5.26 Å². The third-order valence-corrected chi connectivity index (χ3v) is 10.3. The monoisotopic (exact) mass is 508 g/mol. The highest BCUT2D eigenvalue weighted by Gasteiger charge is 2.43. The zero-order chi connectivity index (χ0) is 26.7. The lowest BCUT2D eigenvalue weighted by molar-refractivity contribution is -0.462. The number of nitriles is 1. The van der Waals surface area contributed by atoms with Crippen molar-refractivity contribution in [2.75, 3.05) is 33.1 Å². The number of benzene rings is 2. The van der Waals surface area contributed by atoms with E-state index in [1.54, 1.807) is 12.1 Å². The summed E-state index contributed by atoms with van der Waals surface area (Å²) in [6.07, 6.45) is 5.55. The minimum Gasteiger partial charge on any atom is -0.478 e. The first kappa shape index (κ1) is 25.2. The van der Waals surface area contributed by atoms with Crippen molar-refractivity contribution in [1.82, 2.24) is 0 Å². The molecule has 9 heteroatoms. The van der Waals surface area contributed by atoms with Crippen LogP contribution < -0.4 is 10.1 Å². The lowest BCUT2D eigenvalue weighted by Gasteiger charge is -2.38. The Bertz CT molecular complexity index is 1520. The molecule has 0 amide bonds. The van der Waals surface area contributed by atoms with E-state index in [9.17, 15) is 19.6 Å². The van der Waals surface area contributed by atoms with Gasteiger partial charge < -0.3 is 10.0 Å². The van der Waals surface area contributed by atoms with Gasteiger partial charge in [0.05, 0.1) is 0 Å². The van der Waals surface area contributed by atoms with Gasteiger partial charge in [0.25, 0.3) is 0 Å². The van der Waals surface area contributed by atoms with Crippen molar-refractivity contribution in [3.8, 4) is 6.07 Å². The number of allylic oxidation sites excluding steroid dienone is 5. The number of hydrogen-bond acceptors (Lipinski definition) is 3. The van der Waals surface area contributed by atoms with Gasteiger partial charge in [0.2, 0.25) is 0 Å². The van der Waals surface area contributed by atoms with Gasteiger partial charge in [-0.2, -0.15) is 5.26 Å². The average molecular weight is 509 g/mol. The fourth-order valence-corrected chi connectivity index (χ4v) is 7.92. The molecule has 2 aromatic rings. The Hall–Kier alpha value is -3.90. The quantitative estimate of drug-likeness (QED) is 0.383. The molecule has 1 aliphatic heterocycles. The highest BCUT2D eigenvalue weighted by Crippen LogP contribution is 2.44. The lowest BCUT2D eigenvalue weighted by Crippen LogP contribution is -2.50. The number of hydrogen-bond donors (Lipinski definition) is 1. The van der Waals surface area contributed by atoms with Gasteiger partial charge in [0, 0.05) is 37.5 Å². The number of carboxylic acid groups (broad SMARTS) is 1. The number of aromatic carboxylic acids is 1. The van der Waals surface area contributed by atoms with Crippen LogP contribution in [-0.4, -0.2) is 57.6 Å². The van der Waals surface area contributed by atoms with E-state index in [-0.39, 0.29) is 5.57 Å². The van der Waals surface area contributed by atoms with Gasteiger partial charge in [-0.3, -0.25) is 0 Å². The van der Waals surface area contributed by atoms with Gasteiger partial charge in [-0.1, -0.05) is 19.2 Å².